The fraction of sp³-hybridized carbons (Fsp3) is 1.00. The van der Waals surface area contributed by atoms with Crippen LogP contribution in [-0.4, -0.2) is 40.6 Å². The summed E-state index contributed by atoms with van der Waals surface area (Å²) in [6.45, 7) is 0.169. The standard InChI is InChI=1S/C8H8F10O3S/c1-3(5(9,10)7(13,14)15)20-22(19)21-4(2)6(11,12)8(16,17)18/h3-4H,1-2H3. The molecule has 2 atom stereocenters. The lowest BCUT2D eigenvalue weighted by Gasteiger charge is -2.27. The molecule has 0 fully saturated rings. The third-order valence-corrected chi connectivity index (χ3v) is 3.11. The van der Waals surface area contributed by atoms with Gasteiger partial charge in [-0.05, 0) is 13.8 Å². The number of alkyl halides is 10. The Kier molecular flexibility index (Phi) is 6.28. The number of rotatable bonds is 6. The molecule has 0 amide bonds. The van der Waals surface area contributed by atoms with E-state index in [2.05, 4.69) is 8.37 Å². The van der Waals surface area contributed by atoms with Gasteiger partial charge in [0.05, 0.1) is 0 Å². The molecule has 0 aliphatic carbocycles. The van der Waals surface area contributed by atoms with E-state index in [-0.39, 0.29) is 13.8 Å². The van der Waals surface area contributed by atoms with Gasteiger partial charge in [0.15, 0.2) is 0 Å². The van der Waals surface area contributed by atoms with Crippen molar-refractivity contribution in [2.24, 2.45) is 0 Å². The van der Waals surface area contributed by atoms with E-state index in [9.17, 15) is 48.1 Å². The van der Waals surface area contributed by atoms with Crippen LogP contribution < -0.4 is 0 Å². The topological polar surface area (TPSA) is 35.5 Å². The molecule has 0 aromatic carbocycles. The molecule has 0 saturated heterocycles. The van der Waals surface area contributed by atoms with Gasteiger partial charge < -0.3 is 0 Å². The first-order valence-electron chi connectivity index (χ1n) is 5.09. The zero-order chi connectivity index (χ0) is 18.1. The van der Waals surface area contributed by atoms with Gasteiger partial charge in [0, 0.05) is 0 Å². The normalized spacial score (nSPS) is 18.9. The number of halogens is 10. The maximum absolute atomic E-state index is 12.7. The second kappa shape index (κ2) is 6.47. The molecule has 0 aliphatic heterocycles. The van der Waals surface area contributed by atoms with Crippen LogP contribution in [-0.2, 0) is 19.7 Å². The quantitative estimate of drug-likeness (QED) is 0.664. The van der Waals surface area contributed by atoms with Crippen LogP contribution in [0.3, 0.4) is 0 Å². The second-order valence-corrected chi connectivity index (χ2v) is 4.72. The van der Waals surface area contributed by atoms with E-state index >= 15 is 0 Å². The first-order valence-corrected chi connectivity index (χ1v) is 6.09. The van der Waals surface area contributed by atoms with Crippen LogP contribution in [0.25, 0.3) is 0 Å². The molecule has 0 rings (SSSR count). The van der Waals surface area contributed by atoms with Crippen LogP contribution in [0.1, 0.15) is 13.8 Å². The molecule has 0 N–H and O–H groups in total. The molecule has 2 unspecified atom stereocenters. The minimum absolute atomic E-state index is 0.0846. The fourth-order valence-electron chi connectivity index (χ4n) is 0.840. The molecule has 0 heterocycles. The van der Waals surface area contributed by atoms with Gasteiger partial charge in [-0.3, -0.25) is 8.37 Å². The summed E-state index contributed by atoms with van der Waals surface area (Å²) in [5.41, 5.74) is 0. The van der Waals surface area contributed by atoms with Crippen molar-refractivity contribution in [1.29, 1.82) is 0 Å². The highest BCUT2D eigenvalue weighted by Crippen LogP contribution is 2.41. The van der Waals surface area contributed by atoms with Crippen molar-refractivity contribution in [3.63, 3.8) is 0 Å². The summed E-state index contributed by atoms with van der Waals surface area (Å²) >= 11 is -3.70. The van der Waals surface area contributed by atoms with Crippen molar-refractivity contribution < 1.29 is 56.5 Å². The number of hydrogen-bond acceptors (Lipinski definition) is 3. The van der Waals surface area contributed by atoms with E-state index in [1.54, 1.807) is 0 Å². The van der Waals surface area contributed by atoms with Gasteiger partial charge in [-0.15, -0.1) is 0 Å². The summed E-state index contributed by atoms with van der Waals surface area (Å²) in [4.78, 5) is 0. The van der Waals surface area contributed by atoms with Gasteiger partial charge in [-0.2, -0.15) is 48.1 Å². The maximum Gasteiger partial charge on any atom is 0.456 e. The van der Waals surface area contributed by atoms with E-state index in [1.807, 2.05) is 0 Å². The highest BCUT2D eigenvalue weighted by molar-refractivity contribution is 7.75. The Morgan fingerprint density at radius 3 is 1.09 bits per heavy atom. The van der Waals surface area contributed by atoms with Crippen molar-refractivity contribution in [1.82, 2.24) is 0 Å². The minimum Gasteiger partial charge on any atom is -0.259 e. The molecule has 0 aliphatic rings. The largest absolute Gasteiger partial charge is 0.456 e. The van der Waals surface area contributed by atoms with Crippen LogP contribution in [0.2, 0.25) is 0 Å². The zero-order valence-electron chi connectivity index (χ0n) is 10.6. The monoisotopic (exact) mass is 374 g/mol. The lowest BCUT2D eigenvalue weighted by molar-refractivity contribution is -0.310. The summed E-state index contributed by atoms with van der Waals surface area (Å²) in [5, 5.41) is 0. The van der Waals surface area contributed by atoms with E-state index < -0.39 is 47.8 Å². The van der Waals surface area contributed by atoms with Crippen LogP contribution in [0.4, 0.5) is 43.9 Å². The lowest BCUT2D eigenvalue weighted by atomic mass is 10.2. The summed E-state index contributed by atoms with van der Waals surface area (Å²) < 4.78 is 140. The number of hydrogen-bond donors (Lipinski definition) is 0. The van der Waals surface area contributed by atoms with Crippen LogP contribution in [0.15, 0.2) is 0 Å². The fourth-order valence-corrected chi connectivity index (χ4v) is 1.60. The van der Waals surface area contributed by atoms with Crippen LogP contribution in [0.5, 0.6) is 0 Å². The van der Waals surface area contributed by atoms with E-state index in [4.69, 9.17) is 0 Å². The van der Waals surface area contributed by atoms with E-state index in [0.29, 0.717) is 0 Å². The molecule has 0 aromatic rings. The highest BCUT2D eigenvalue weighted by Gasteiger charge is 2.64. The van der Waals surface area contributed by atoms with Crippen LogP contribution in [0, 0.1) is 0 Å². The highest BCUT2D eigenvalue weighted by atomic mass is 32.2. The molecule has 0 saturated carbocycles. The molecule has 134 valence electrons. The molecule has 14 heteroatoms. The summed E-state index contributed by atoms with van der Waals surface area (Å²) in [6, 6.07) is 0. The Balaban J connectivity index is 4.85. The van der Waals surface area contributed by atoms with Crippen molar-refractivity contribution in [3.8, 4) is 0 Å². The van der Waals surface area contributed by atoms with Gasteiger partial charge in [0.25, 0.3) is 0 Å². The van der Waals surface area contributed by atoms with Gasteiger partial charge >= 0.3 is 35.6 Å². The van der Waals surface area contributed by atoms with Gasteiger partial charge in [-0.25, -0.2) is 0 Å². The minimum atomic E-state index is -6.11. The summed E-state index contributed by atoms with van der Waals surface area (Å²) in [5.74, 6) is -11.1. The zero-order valence-corrected chi connectivity index (χ0v) is 11.4. The third kappa shape index (κ3) is 4.68. The molecular weight excluding hydrogens is 366 g/mol. The Morgan fingerprint density at radius 2 is 0.909 bits per heavy atom. The summed E-state index contributed by atoms with van der Waals surface area (Å²) in [7, 11) is 0. The van der Waals surface area contributed by atoms with Crippen molar-refractivity contribution in [3.05, 3.63) is 0 Å². The molecule has 3 nitrogen and oxygen atoms in total. The van der Waals surface area contributed by atoms with Crippen molar-refractivity contribution >= 4 is 11.4 Å². The van der Waals surface area contributed by atoms with E-state index in [1.165, 1.54) is 0 Å². The van der Waals surface area contributed by atoms with Crippen molar-refractivity contribution in [2.45, 2.75) is 50.3 Å². The Morgan fingerprint density at radius 1 is 0.682 bits per heavy atom. The molecule has 0 radical (unpaired) electrons. The molecule has 0 bridgehead atoms. The van der Waals surface area contributed by atoms with Gasteiger partial charge in [0.2, 0.25) is 0 Å². The molecule has 22 heavy (non-hydrogen) atoms. The maximum atomic E-state index is 12.7. The predicted octanol–water partition coefficient (Wildman–Crippen LogP) is 3.77. The molecule has 0 aromatic heterocycles. The second-order valence-electron chi connectivity index (χ2n) is 3.92. The molecular formula is C8H8F10O3S. The third-order valence-electron chi connectivity index (χ3n) is 2.22. The van der Waals surface area contributed by atoms with E-state index in [0.717, 1.165) is 0 Å². The average molecular weight is 374 g/mol. The summed E-state index contributed by atoms with van der Waals surface area (Å²) in [6.07, 6.45) is -18.5. The SMILES string of the molecule is CC(OS(=O)OC(C)C(F)(F)C(F)(F)F)C(F)(F)C(F)(F)F. The molecule has 0 spiro atoms. The lowest BCUT2D eigenvalue weighted by Crippen LogP contribution is -2.49. The first-order chi connectivity index (χ1) is 9.44. The predicted molar refractivity (Wildman–Crippen MR) is 51.2 cm³/mol. The Hall–Kier alpha value is -0.630. The average Bonchev–Trinajstić information content (AvgIpc) is 2.25. The smallest absolute Gasteiger partial charge is 0.259 e. The Labute approximate surface area is 119 Å². The van der Waals surface area contributed by atoms with Crippen molar-refractivity contribution in [2.75, 3.05) is 0 Å². The van der Waals surface area contributed by atoms with Crippen LogP contribution >= 0.6 is 0 Å². The Bertz CT molecular complexity index is 368. The van der Waals surface area contributed by atoms with Gasteiger partial charge in [-0.1, -0.05) is 0 Å². The van der Waals surface area contributed by atoms with Gasteiger partial charge in [0.1, 0.15) is 12.2 Å². The first kappa shape index (κ1) is 21.4.